The Morgan fingerprint density at radius 1 is 1.20 bits per heavy atom. The third-order valence-electron chi connectivity index (χ3n) is 2.74. The number of nitrogens with one attached hydrogen (secondary N) is 2. The number of benzene rings is 1. The first kappa shape index (κ1) is 12.2. The quantitative estimate of drug-likeness (QED) is 0.754. The summed E-state index contributed by atoms with van der Waals surface area (Å²) in [6.07, 6.45) is 2.49. The molecule has 5 nitrogen and oxygen atoms in total. The second-order valence-corrected chi connectivity index (χ2v) is 4.11. The van der Waals surface area contributed by atoms with Crippen molar-refractivity contribution in [2.24, 2.45) is 0 Å². The van der Waals surface area contributed by atoms with Gasteiger partial charge in [0.2, 0.25) is 5.95 Å². The van der Waals surface area contributed by atoms with Crippen LogP contribution in [0.15, 0.2) is 36.7 Å². The zero-order valence-electron chi connectivity index (χ0n) is 10.0. The highest BCUT2D eigenvalue weighted by Crippen LogP contribution is 2.18. The summed E-state index contributed by atoms with van der Waals surface area (Å²) in [5, 5.41) is 8.46. The van der Waals surface area contributed by atoms with Gasteiger partial charge in [-0.1, -0.05) is 0 Å². The van der Waals surface area contributed by atoms with E-state index < -0.39 is 17.7 Å². The normalized spacial score (nSPS) is 10.7. The Hall–Kier alpha value is -2.83. The van der Waals surface area contributed by atoms with E-state index in [2.05, 4.69) is 15.4 Å². The first-order valence-electron chi connectivity index (χ1n) is 5.69. The van der Waals surface area contributed by atoms with Gasteiger partial charge in [0.15, 0.2) is 0 Å². The molecular formula is C13H8F2N4O. The highest BCUT2D eigenvalue weighted by molar-refractivity contribution is 6.04. The minimum atomic E-state index is -0.817. The molecule has 0 spiro atoms. The molecule has 0 radical (unpaired) electrons. The molecule has 0 bridgehead atoms. The van der Waals surface area contributed by atoms with Crippen LogP contribution in [0.2, 0.25) is 0 Å². The van der Waals surface area contributed by atoms with E-state index in [1.54, 1.807) is 6.07 Å². The maximum Gasteiger partial charge on any atom is 0.261 e. The molecule has 1 amide bonds. The standard InChI is InChI=1S/C13H8F2N4O/c14-8-1-2-11-7(3-8)4-9(5-16-11)18-13(20)10-6-17-19-12(10)15/h1-6H,(H,17,19)(H,18,20). The summed E-state index contributed by atoms with van der Waals surface area (Å²) in [6.45, 7) is 0. The van der Waals surface area contributed by atoms with E-state index in [4.69, 9.17) is 0 Å². The second kappa shape index (κ2) is 4.69. The third kappa shape index (κ3) is 2.20. The van der Waals surface area contributed by atoms with Crippen LogP contribution in [0.1, 0.15) is 10.4 Å². The van der Waals surface area contributed by atoms with Gasteiger partial charge in [0, 0.05) is 5.39 Å². The van der Waals surface area contributed by atoms with Crippen LogP contribution < -0.4 is 5.32 Å². The van der Waals surface area contributed by atoms with Gasteiger partial charge in [-0.3, -0.25) is 14.9 Å². The average Bonchev–Trinajstić information content (AvgIpc) is 2.84. The van der Waals surface area contributed by atoms with Crippen LogP contribution >= 0.6 is 0 Å². The van der Waals surface area contributed by atoms with Gasteiger partial charge in [0.05, 0.1) is 23.6 Å². The van der Waals surface area contributed by atoms with Crippen LogP contribution in [0.3, 0.4) is 0 Å². The molecule has 20 heavy (non-hydrogen) atoms. The number of amides is 1. The first-order valence-corrected chi connectivity index (χ1v) is 5.69. The third-order valence-corrected chi connectivity index (χ3v) is 2.74. The van der Waals surface area contributed by atoms with Gasteiger partial charge in [-0.05, 0) is 24.3 Å². The molecule has 0 aliphatic carbocycles. The first-order chi connectivity index (χ1) is 9.63. The number of H-pyrrole nitrogens is 1. The number of aromatic nitrogens is 3. The number of aromatic amines is 1. The van der Waals surface area contributed by atoms with Crippen LogP contribution in [0, 0.1) is 11.8 Å². The lowest BCUT2D eigenvalue weighted by molar-refractivity contribution is 0.102. The lowest BCUT2D eigenvalue weighted by Gasteiger charge is -2.05. The predicted octanol–water partition coefficient (Wildman–Crippen LogP) is 2.49. The molecule has 0 atom stereocenters. The Morgan fingerprint density at radius 2 is 2.05 bits per heavy atom. The van der Waals surface area contributed by atoms with Gasteiger partial charge in [-0.2, -0.15) is 9.49 Å². The zero-order chi connectivity index (χ0) is 14.1. The molecule has 100 valence electrons. The molecule has 0 unspecified atom stereocenters. The molecule has 3 rings (SSSR count). The molecule has 0 aliphatic heterocycles. The van der Waals surface area contributed by atoms with Crippen molar-refractivity contribution in [2.45, 2.75) is 0 Å². The van der Waals surface area contributed by atoms with E-state index >= 15 is 0 Å². The van der Waals surface area contributed by atoms with Gasteiger partial charge in [-0.25, -0.2) is 4.39 Å². The fourth-order valence-electron chi connectivity index (χ4n) is 1.80. The Bertz CT molecular complexity index is 800. The largest absolute Gasteiger partial charge is 0.320 e. The molecule has 0 fully saturated rings. The molecule has 7 heteroatoms. The lowest BCUT2D eigenvalue weighted by atomic mass is 10.2. The van der Waals surface area contributed by atoms with Gasteiger partial charge < -0.3 is 5.32 Å². The van der Waals surface area contributed by atoms with Crippen molar-refractivity contribution in [3.63, 3.8) is 0 Å². The average molecular weight is 274 g/mol. The number of carbonyl (C=O) groups excluding carboxylic acids is 1. The lowest BCUT2D eigenvalue weighted by Crippen LogP contribution is -2.12. The van der Waals surface area contributed by atoms with Gasteiger partial charge in [0.25, 0.3) is 5.91 Å². The van der Waals surface area contributed by atoms with Gasteiger partial charge in [0.1, 0.15) is 11.4 Å². The van der Waals surface area contributed by atoms with Crippen molar-refractivity contribution in [3.05, 3.63) is 54.0 Å². The summed E-state index contributed by atoms with van der Waals surface area (Å²) in [4.78, 5) is 15.9. The zero-order valence-corrected chi connectivity index (χ0v) is 10.0. The monoisotopic (exact) mass is 274 g/mol. The maximum absolute atomic E-state index is 13.2. The van der Waals surface area contributed by atoms with Crippen LogP contribution in [-0.2, 0) is 0 Å². The number of halogens is 2. The fourth-order valence-corrected chi connectivity index (χ4v) is 1.80. The molecule has 3 aromatic rings. The fraction of sp³-hybridized carbons (Fsp3) is 0. The van der Waals surface area contributed by atoms with Crippen molar-refractivity contribution in [3.8, 4) is 0 Å². The molecule has 0 saturated heterocycles. The minimum Gasteiger partial charge on any atom is -0.320 e. The summed E-state index contributed by atoms with van der Waals surface area (Å²) in [5.41, 5.74) is 0.733. The van der Waals surface area contributed by atoms with Crippen molar-refractivity contribution >= 4 is 22.5 Å². The second-order valence-electron chi connectivity index (χ2n) is 4.11. The Balaban J connectivity index is 1.91. The van der Waals surface area contributed by atoms with E-state index in [1.165, 1.54) is 24.4 Å². The van der Waals surface area contributed by atoms with Gasteiger partial charge >= 0.3 is 0 Å². The van der Waals surface area contributed by atoms with Crippen molar-refractivity contribution < 1.29 is 13.6 Å². The minimum absolute atomic E-state index is 0.204. The number of pyridine rings is 1. The molecule has 2 N–H and O–H groups in total. The Labute approximate surface area is 111 Å². The van der Waals surface area contributed by atoms with E-state index in [9.17, 15) is 13.6 Å². The van der Waals surface area contributed by atoms with E-state index in [0.717, 1.165) is 6.20 Å². The molecule has 0 saturated carbocycles. The molecule has 2 heterocycles. The van der Waals surface area contributed by atoms with Gasteiger partial charge in [-0.15, -0.1) is 0 Å². The number of rotatable bonds is 2. The summed E-state index contributed by atoms with van der Waals surface area (Å²) in [6, 6.07) is 5.69. The summed E-state index contributed by atoms with van der Waals surface area (Å²) < 4.78 is 26.3. The predicted molar refractivity (Wildman–Crippen MR) is 68.2 cm³/mol. The van der Waals surface area contributed by atoms with Crippen LogP contribution in [0.4, 0.5) is 14.5 Å². The maximum atomic E-state index is 13.2. The van der Waals surface area contributed by atoms with Crippen molar-refractivity contribution in [2.75, 3.05) is 5.32 Å². The Morgan fingerprint density at radius 3 is 2.80 bits per heavy atom. The summed E-state index contributed by atoms with van der Waals surface area (Å²) in [7, 11) is 0. The van der Waals surface area contributed by atoms with E-state index in [0.29, 0.717) is 16.6 Å². The number of nitrogens with zero attached hydrogens (tertiary/aromatic N) is 2. The highest BCUT2D eigenvalue weighted by atomic mass is 19.1. The van der Waals surface area contributed by atoms with Crippen molar-refractivity contribution in [1.29, 1.82) is 0 Å². The number of anilines is 1. The van der Waals surface area contributed by atoms with E-state index in [1.807, 2.05) is 5.10 Å². The number of carbonyl (C=O) groups is 1. The summed E-state index contributed by atoms with van der Waals surface area (Å²) >= 11 is 0. The topological polar surface area (TPSA) is 70.7 Å². The molecule has 2 aromatic heterocycles. The van der Waals surface area contributed by atoms with Crippen LogP contribution in [-0.4, -0.2) is 21.1 Å². The number of fused-ring (bicyclic) bond motifs is 1. The van der Waals surface area contributed by atoms with Crippen LogP contribution in [0.25, 0.3) is 10.9 Å². The van der Waals surface area contributed by atoms with Crippen LogP contribution in [0.5, 0.6) is 0 Å². The Kier molecular flexibility index (Phi) is 2.86. The SMILES string of the molecule is O=C(Nc1cnc2ccc(F)cc2c1)c1cn[nH]c1F. The van der Waals surface area contributed by atoms with E-state index in [-0.39, 0.29) is 5.56 Å². The molecule has 0 aliphatic rings. The number of hydrogen-bond donors (Lipinski definition) is 2. The van der Waals surface area contributed by atoms with Crippen molar-refractivity contribution in [1.82, 2.24) is 15.2 Å². The summed E-state index contributed by atoms with van der Waals surface area (Å²) in [5.74, 6) is -1.88. The number of hydrogen-bond acceptors (Lipinski definition) is 3. The molecular weight excluding hydrogens is 266 g/mol. The molecule has 1 aromatic carbocycles. The highest BCUT2D eigenvalue weighted by Gasteiger charge is 2.14. The smallest absolute Gasteiger partial charge is 0.261 e.